The van der Waals surface area contributed by atoms with Crippen LogP contribution in [0, 0.1) is 27.7 Å². The number of rotatable bonds is 15. The van der Waals surface area contributed by atoms with E-state index in [1.165, 1.54) is 0 Å². The number of hydrogen-bond acceptors (Lipinski definition) is 6. The molecule has 6 heteroatoms. The summed E-state index contributed by atoms with van der Waals surface area (Å²) < 4.78 is 10.9. The molecule has 0 aromatic heterocycles. The maximum Gasteiger partial charge on any atom is 0.311 e. The number of aldehydes is 2. The van der Waals surface area contributed by atoms with Gasteiger partial charge in [-0.15, -0.1) is 0 Å². The predicted octanol–water partition coefficient (Wildman–Crippen LogP) is 6.96. The van der Waals surface area contributed by atoms with Gasteiger partial charge in [0.2, 0.25) is 0 Å². The van der Waals surface area contributed by atoms with Crippen LogP contribution in [0.1, 0.15) is 107 Å². The van der Waals surface area contributed by atoms with Crippen molar-refractivity contribution in [3.8, 4) is 11.5 Å². The Morgan fingerprint density at radius 3 is 1.25 bits per heavy atom. The number of carbonyl (C=O) groups excluding carboxylic acids is 4. The zero-order valence-corrected chi connectivity index (χ0v) is 22.0. The molecule has 2 aromatic carbocycles. The first kappa shape index (κ1) is 29.0. The Morgan fingerprint density at radius 2 is 0.917 bits per heavy atom. The zero-order valence-electron chi connectivity index (χ0n) is 22.0. The van der Waals surface area contributed by atoms with Crippen molar-refractivity contribution in [2.45, 2.75) is 91.9 Å². The van der Waals surface area contributed by atoms with Gasteiger partial charge in [-0.25, -0.2) is 0 Å². The summed E-state index contributed by atoms with van der Waals surface area (Å²) in [5, 5.41) is 0. The van der Waals surface area contributed by atoms with Crippen LogP contribution in [0.3, 0.4) is 0 Å². The Hall–Kier alpha value is -3.28. The average molecular weight is 495 g/mol. The highest BCUT2D eigenvalue weighted by atomic mass is 16.5. The number of benzene rings is 2. The lowest BCUT2D eigenvalue weighted by atomic mass is 10.1. The summed E-state index contributed by atoms with van der Waals surface area (Å²) in [5.74, 6) is 0.0660. The Bertz CT molecular complexity index is 984. The van der Waals surface area contributed by atoms with Crippen molar-refractivity contribution in [3.05, 3.63) is 57.6 Å². The summed E-state index contributed by atoms with van der Waals surface area (Å²) in [6, 6.07) is 7.23. The van der Waals surface area contributed by atoms with Gasteiger partial charge in [0, 0.05) is 12.8 Å². The van der Waals surface area contributed by atoms with Gasteiger partial charge in [-0.2, -0.15) is 0 Å². The first-order valence-electron chi connectivity index (χ1n) is 12.8. The summed E-state index contributed by atoms with van der Waals surface area (Å²) in [4.78, 5) is 46.9. The third-order valence-electron chi connectivity index (χ3n) is 6.18. The van der Waals surface area contributed by atoms with E-state index >= 15 is 0 Å². The van der Waals surface area contributed by atoms with E-state index in [4.69, 9.17) is 9.47 Å². The molecule has 0 saturated heterocycles. The second-order valence-electron chi connectivity index (χ2n) is 9.50. The fraction of sp³-hybridized carbons (Fsp3) is 0.467. The van der Waals surface area contributed by atoms with Gasteiger partial charge < -0.3 is 9.47 Å². The molecule has 0 bridgehead atoms. The van der Waals surface area contributed by atoms with Crippen LogP contribution in [0.4, 0.5) is 0 Å². The van der Waals surface area contributed by atoms with Gasteiger partial charge in [0.05, 0.1) is 11.1 Å². The summed E-state index contributed by atoms with van der Waals surface area (Å²) in [7, 11) is 0. The molecule has 2 aromatic rings. The van der Waals surface area contributed by atoms with E-state index in [2.05, 4.69) is 0 Å². The molecule has 0 atom stereocenters. The van der Waals surface area contributed by atoms with E-state index in [0.717, 1.165) is 86.2 Å². The normalized spacial score (nSPS) is 10.7. The predicted molar refractivity (Wildman–Crippen MR) is 140 cm³/mol. The first-order chi connectivity index (χ1) is 17.2. The lowest BCUT2D eigenvalue weighted by Crippen LogP contribution is -2.10. The van der Waals surface area contributed by atoms with Crippen LogP contribution in [0.5, 0.6) is 11.5 Å². The molecule has 2 rings (SSSR count). The van der Waals surface area contributed by atoms with E-state index in [1.54, 1.807) is 12.1 Å². The molecule has 0 fully saturated rings. The minimum atomic E-state index is -0.309. The fourth-order valence-electron chi connectivity index (χ4n) is 4.30. The van der Waals surface area contributed by atoms with Crippen molar-refractivity contribution in [2.24, 2.45) is 0 Å². The smallest absolute Gasteiger partial charge is 0.311 e. The van der Waals surface area contributed by atoms with Crippen molar-refractivity contribution in [1.29, 1.82) is 0 Å². The Morgan fingerprint density at radius 1 is 0.583 bits per heavy atom. The number of carbonyl (C=O) groups is 4. The Balaban J connectivity index is 1.54. The van der Waals surface area contributed by atoms with Crippen molar-refractivity contribution >= 4 is 24.5 Å². The number of unbranched alkanes of at least 4 members (excludes halogenated alkanes) is 7. The largest absolute Gasteiger partial charge is 0.426 e. The van der Waals surface area contributed by atoms with Crippen molar-refractivity contribution < 1.29 is 28.7 Å². The standard InChI is InChI=1S/C30H38O6/c1-21-15-23(3)25(19-31)27(17-21)35-29(33)13-11-9-7-5-6-8-10-12-14-30(34)36-28-18-22(2)16-24(4)26(28)20-32/h15-20H,5-14H2,1-4H3. The molecule has 0 aliphatic heterocycles. The van der Waals surface area contributed by atoms with E-state index in [0.29, 0.717) is 35.5 Å². The van der Waals surface area contributed by atoms with E-state index in [9.17, 15) is 19.2 Å². The fourth-order valence-corrected chi connectivity index (χ4v) is 4.30. The van der Waals surface area contributed by atoms with Gasteiger partial charge >= 0.3 is 11.9 Å². The molecule has 0 aliphatic carbocycles. The average Bonchev–Trinajstić information content (AvgIpc) is 2.79. The van der Waals surface area contributed by atoms with Crippen LogP contribution in [-0.4, -0.2) is 24.5 Å². The maximum absolute atomic E-state index is 12.2. The first-order valence-corrected chi connectivity index (χ1v) is 12.8. The molecule has 0 saturated carbocycles. The molecular weight excluding hydrogens is 456 g/mol. The molecule has 0 spiro atoms. The van der Waals surface area contributed by atoms with Crippen LogP contribution in [0.15, 0.2) is 24.3 Å². The van der Waals surface area contributed by atoms with Gasteiger partial charge in [-0.1, -0.05) is 50.7 Å². The van der Waals surface area contributed by atoms with Crippen molar-refractivity contribution in [3.63, 3.8) is 0 Å². The van der Waals surface area contributed by atoms with Crippen LogP contribution < -0.4 is 9.47 Å². The molecule has 0 aliphatic rings. The van der Waals surface area contributed by atoms with Crippen molar-refractivity contribution in [2.75, 3.05) is 0 Å². The molecule has 0 unspecified atom stereocenters. The van der Waals surface area contributed by atoms with Crippen LogP contribution >= 0.6 is 0 Å². The summed E-state index contributed by atoms with van der Waals surface area (Å²) >= 11 is 0. The molecule has 0 heterocycles. The van der Waals surface area contributed by atoms with Gasteiger partial charge in [-0.3, -0.25) is 19.2 Å². The van der Waals surface area contributed by atoms with Crippen LogP contribution in [0.25, 0.3) is 0 Å². The molecule has 0 N–H and O–H groups in total. The molecule has 6 nitrogen and oxygen atoms in total. The van der Waals surface area contributed by atoms with E-state index < -0.39 is 0 Å². The summed E-state index contributed by atoms with van der Waals surface area (Å²) in [5.41, 5.74) is 4.37. The highest BCUT2D eigenvalue weighted by Crippen LogP contribution is 2.24. The van der Waals surface area contributed by atoms with Gasteiger partial charge in [0.25, 0.3) is 0 Å². The van der Waals surface area contributed by atoms with Gasteiger partial charge in [-0.05, 0) is 74.9 Å². The molecule has 194 valence electrons. The third kappa shape index (κ3) is 9.40. The highest BCUT2D eigenvalue weighted by molar-refractivity contribution is 5.85. The SMILES string of the molecule is Cc1cc(C)c(C=O)c(OC(=O)CCCCCCCCCCC(=O)Oc2cc(C)cc(C)c2C=O)c1. The second kappa shape index (κ2) is 15.0. The van der Waals surface area contributed by atoms with Crippen LogP contribution in [0.2, 0.25) is 0 Å². The van der Waals surface area contributed by atoms with Gasteiger partial charge in [0.1, 0.15) is 11.5 Å². The number of ether oxygens (including phenoxy) is 2. The summed E-state index contributed by atoms with van der Waals surface area (Å²) in [6.45, 7) is 7.47. The second-order valence-corrected chi connectivity index (χ2v) is 9.50. The molecule has 0 radical (unpaired) electrons. The minimum Gasteiger partial charge on any atom is -0.426 e. The highest BCUT2D eigenvalue weighted by Gasteiger charge is 2.13. The lowest BCUT2D eigenvalue weighted by molar-refractivity contribution is -0.135. The number of hydrogen-bond donors (Lipinski definition) is 0. The van der Waals surface area contributed by atoms with Crippen molar-refractivity contribution in [1.82, 2.24) is 0 Å². The Labute approximate surface area is 214 Å². The molecule has 36 heavy (non-hydrogen) atoms. The zero-order chi connectivity index (χ0) is 26.5. The minimum absolute atomic E-state index is 0.309. The molecular formula is C30H38O6. The third-order valence-corrected chi connectivity index (χ3v) is 6.18. The number of aryl methyl sites for hydroxylation is 4. The Kier molecular flexibility index (Phi) is 12.0. The number of esters is 2. The van der Waals surface area contributed by atoms with E-state index in [1.807, 2.05) is 39.8 Å². The van der Waals surface area contributed by atoms with Gasteiger partial charge in [0.15, 0.2) is 12.6 Å². The van der Waals surface area contributed by atoms with Crippen LogP contribution in [-0.2, 0) is 9.59 Å². The summed E-state index contributed by atoms with van der Waals surface area (Å²) in [6.07, 6.45) is 9.78. The maximum atomic E-state index is 12.2. The molecule has 0 amide bonds. The quantitative estimate of drug-likeness (QED) is 0.115. The van der Waals surface area contributed by atoms with E-state index in [-0.39, 0.29) is 11.9 Å². The lowest BCUT2D eigenvalue weighted by Gasteiger charge is -2.10. The monoisotopic (exact) mass is 494 g/mol. The topological polar surface area (TPSA) is 86.7 Å².